The lowest BCUT2D eigenvalue weighted by Crippen LogP contribution is -2.12. The maximum Gasteiger partial charge on any atom is 0.418 e. The minimum absolute atomic E-state index is 0.0615. The number of hydrogen-bond donors (Lipinski definition) is 1. The van der Waals surface area contributed by atoms with Gasteiger partial charge in [0, 0.05) is 15.2 Å². The van der Waals surface area contributed by atoms with Gasteiger partial charge in [0.05, 0.1) is 22.3 Å². The Morgan fingerprint density at radius 2 is 1.59 bits per heavy atom. The predicted molar refractivity (Wildman–Crippen MR) is 141 cm³/mol. The normalized spacial score (nSPS) is 12.6. The maximum absolute atomic E-state index is 13.9. The summed E-state index contributed by atoms with van der Waals surface area (Å²) in [6.07, 6.45) is -10.1. The zero-order chi connectivity index (χ0) is 27.7. The number of nitrogens with zero attached hydrogens (tertiary/aromatic N) is 2. The number of H-pyrrole nitrogens is 1. The van der Waals surface area contributed by atoms with Gasteiger partial charge in [-0.2, -0.15) is 26.3 Å². The number of para-hydroxylation sites is 1. The quantitative estimate of drug-likeness (QED) is 0.199. The first-order valence-electron chi connectivity index (χ1n) is 11.3. The highest BCUT2D eigenvalue weighted by Crippen LogP contribution is 2.48. The first kappa shape index (κ1) is 25.6. The summed E-state index contributed by atoms with van der Waals surface area (Å²) in [5.41, 5.74) is -3.00. The van der Waals surface area contributed by atoms with Crippen LogP contribution in [-0.2, 0) is 12.4 Å². The number of rotatable bonds is 3. The number of anilines is 3. The average Bonchev–Trinajstić information content (AvgIpc) is 3.43. The molecule has 0 amide bonds. The fourth-order valence-electron chi connectivity index (χ4n) is 4.60. The van der Waals surface area contributed by atoms with E-state index in [-0.39, 0.29) is 22.9 Å². The number of imidazole rings is 1. The summed E-state index contributed by atoms with van der Waals surface area (Å²) >= 11 is 10.1. The number of halogens is 8. The number of nitrogens with one attached hydrogen (secondary N) is 1. The van der Waals surface area contributed by atoms with Crippen molar-refractivity contribution < 1.29 is 30.8 Å². The van der Waals surface area contributed by atoms with Crippen molar-refractivity contribution in [3.63, 3.8) is 0 Å². The van der Waals surface area contributed by atoms with Gasteiger partial charge in [-0.05, 0) is 53.4 Å². The number of alkyl halides is 6. The number of aromatic nitrogens is 2. The van der Waals surface area contributed by atoms with Crippen molar-refractivity contribution >= 4 is 77.6 Å². The molecule has 0 unspecified atom stereocenters. The van der Waals surface area contributed by atoms with Gasteiger partial charge in [-0.1, -0.05) is 52.3 Å². The zero-order valence-corrected chi connectivity index (χ0v) is 21.6. The van der Waals surface area contributed by atoms with E-state index in [9.17, 15) is 26.3 Å². The van der Waals surface area contributed by atoms with E-state index >= 15 is 0 Å². The number of furan rings is 1. The van der Waals surface area contributed by atoms with Gasteiger partial charge >= 0.3 is 12.4 Å². The molecule has 0 bridgehead atoms. The molecule has 0 saturated heterocycles. The van der Waals surface area contributed by atoms with Crippen LogP contribution in [0.4, 0.5) is 43.7 Å². The first-order valence-corrected chi connectivity index (χ1v) is 12.4. The van der Waals surface area contributed by atoms with E-state index in [1.807, 2.05) is 18.2 Å². The molecule has 0 aliphatic rings. The van der Waals surface area contributed by atoms with Crippen molar-refractivity contribution in [2.45, 2.75) is 12.4 Å². The third kappa shape index (κ3) is 4.29. The van der Waals surface area contributed by atoms with Crippen LogP contribution < -0.4 is 4.90 Å². The van der Waals surface area contributed by atoms with E-state index in [1.165, 1.54) is 4.90 Å². The Morgan fingerprint density at radius 1 is 0.872 bits per heavy atom. The minimum Gasteiger partial charge on any atom is -0.442 e. The number of hydrogen-bond acceptors (Lipinski definition) is 3. The van der Waals surface area contributed by atoms with Crippen molar-refractivity contribution in [1.29, 1.82) is 0 Å². The molecule has 0 atom stereocenters. The number of aromatic amines is 1. The maximum atomic E-state index is 13.9. The summed E-state index contributed by atoms with van der Waals surface area (Å²) in [7, 11) is 0. The van der Waals surface area contributed by atoms with Crippen LogP contribution in [0.25, 0.3) is 32.8 Å². The molecule has 2 heterocycles. The van der Waals surface area contributed by atoms with Crippen LogP contribution in [0.15, 0.2) is 81.7 Å². The van der Waals surface area contributed by atoms with E-state index in [2.05, 4.69) is 25.9 Å². The van der Waals surface area contributed by atoms with Crippen LogP contribution in [0.5, 0.6) is 0 Å². The van der Waals surface area contributed by atoms with Crippen LogP contribution in [-0.4, -0.2) is 9.97 Å². The topological polar surface area (TPSA) is 45.1 Å². The van der Waals surface area contributed by atoms with Gasteiger partial charge in [0.1, 0.15) is 16.8 Å². The van der Waals surface area contributed by atoms with Crippen LogP contribution in [0.1, 0.15) is 11.1 Å². The smallest absolute Gasteiger partial charge is 0.418 e. The monoisotopic (exact) mass is 623 g/mol. The van der Waals surface area contributed by atoms with Crippen molar-refractivity contribution in [3.8, 4) is 0 Å². The molecule has 0 aliphatic heterocycles. The number of fused-ring (bicyclic) bond motifs is 3. The second-order valence-electron chi connectivity index (χ2n) is 8.65. The Labute approximate surface area is 228 Å². The van der Waals surface area contributed by atoms with Gasteiger partial charge in [0.15, 0.2) is 0 Å². The van der Waals surface area contributed by atoms with Gasteiger partial charge in [-0.25, -0.2) is 4.98 Å². The Morgan fingerprint density at radius 3 is 2.31 bits per heavy atom. The second-order valence-corrected chi connectivity index (χ2v) is 9.84. The molecule has 4 nitrogen and oxygen atoms in total. The van der Waals surface area contributed by atoms with Gasteiger partial charge in [-0.15, -0.1) is 0 Å². The highest BCUT2D eigenvalue weighted by Gasteiger charge is 2.39. The molecule has 0 fully saturated rings. The van der Waals surface area contributed by atoms with Crippen LogP contribution >= 0.6 is 27.5 Å². The fourth-order valence-corrected chi connectivity index (χ4v) is 5.46. The largest absolute Gasteiger partial charge is 0.442 e. The van der Waals surface area contributed by atoms with Crippen molar-refractivity contribution in [1.82, 2.24) is 9.97 Å². The van der Waals surface area contributed by atoms with Crippen LogP contribution in [0.3, 0.4) is 0 Å². The molecular weight excluding hydrogens is 612 g/mol. The Balaban J connectivity index is 1.72. The van der Waals surface area contributed by atoms with Crippen LogP contribution in [0, 0.1) is 0 Å². The highest BCUT2D eigenvalue weighted by atomic mass is 79.9. The van der Waals surface area contributed by atoms with Gasteiger partial charge in [0.25, 0.3) is 0 Å². The molecule has 0 radical (unpaired) electrons. The van der Waals surface area contributed by atoms with E-state index in [4.69, 9.17) is 16.0 Å². The first-order chi connectivity index (χ1) is 18.4. The number of benzene rings is 4. The van der Waals surface area contributed by atoms with E-state index < -0.39 is 34.5 Å². The van der Waals surface area contributed by atoms with E-state index in [1.54, 1.807) is 42.5 Å². The molecule has 0 spiro atoms. The lowest BCUT2D eigenvalue weighted by atomic mass is 10.1. The molecule has 39 heavy (non-hydrogen) atoms. The third-order valence-electron chi connectivity index (χ3n) is 6.24. The summed E-state index contributed by atoms with van der Waals surface area (Å²) in [4.78, 5) is 8.32. The predicted octanol–water partition coefficient (Wildman–Crippen LogP) is 10.4. The molecule has 2 aromatic heterocycles. The highest BCUT2D eigenvalue weighted by molar-refractivity contribution is 9.10. The molecule has 6 rings (SSSR count). The lowest BCUT2D eigenvalue weighted by molar-refractivity contribution is -0.142. The SMILES string of the molecule is FC(F)(F)c1cc(C(F)(F)F)c2nc(N(c3c(Cl)oc4ccccc34)c3cccc4cccc(Br)c34)[nH]c2c1. The van der Waals surface area contributed by atoms with Crippen molar-refractivity contribution in [2.24, 2.45) is 0 Å². The summed E-state index contributed by atoms with van der Waals surface area (Å²) in [5, 5.41) is 1.86. The summed E-state index contributed by atoms with van der Waals surface area (Å²) < 4.78 is 88.8. The molecule has 4 aromatic carbocycles. The average molecular weight is 625 g/mol. The Kier molecular flexibility index (Phi) is 5.85. The standard InChI is InChI=1S/C27H13BrClF6N3O/c28-17-8-3-5-13-6-4-9-19(21(13)17)38(23-15-7-1-2-10-20(15)39-24(23)29)25-36-18-12-14(26(30,31)32)11-16(22(18)37-25)27(33,34)35/h1-12H,(H,36,37). The lowest BCUT2D eigenvalue weighted by Gasteiger charge is -2.23. The van der Waals surface area contributed by atoms with E-state index in [0.717, 1.165) is 5.39 Å². The second kappa shape index (κ2) is 8.92. The molecule has 198 valence electrons. The van der Waals surface area contributed by atoms with Crippen LogP contribution in [0.2, 0.25) is 5.22 Å². The Hall–Kier alpha value is -3.70. The Bertz CT molecular complexity index is 1890. The molecule has 0 aliphatic carbocycles. The molecule has 6 aromatic rings. The van der Waals surface area contributed by atoms with Gasteiger partial charge in [0.2, 0.25) is 11.2 Å². The summed E-state index contributed by atoms with van der Waals surface area (Å²) in [5.74, 6) is -0.188. The molecule has 0 saturated carbocycles. The molecule has 12 heteroatoms. The van der Waals surface area contributed by atoms with Gasteiger partial charge < -0.3 is 9.40 Å². The summed E-state index contributed by atoms with van der Waals surface area (Å²) in [6, 6.07) is 18.2. The summed E-state index contributed by atoms with van der Waals surface area (Å²) in [6.45, 7) is 0. The van der Waals surface area contributed by atoms with Gasteiger partial charge in [-0.3, -0.25) is 4.90 Å². The zero-order valence-electron chi connectivity index (χ0n) is 19.3. The molecular formula is C27H13BrClF6N3O. The van der Waals surface area contributed by atoms with Crippen molar-refractivity contribution in [2.75, 3.05) is 4.90 Å². The fraction of sp³-hybridized carbons (Fsp3) is 0.0741. The van der Waals surface area contributed by atoms with E-state index in [0.29, 0.717) is 32.6 Å². The minimum atomic E-state index is -5.10. The molecule has 1 N–H and O–H groups in total. The third-order valence-corrected chi connectivity index (χ3v) is 7.16. The van der Waals surface area contributed by atoms with Crippen molar-refractivity contribution in [3.05, 3.63) is 93.6 Å².